The summed E-state index contributed by atoms with van der Waals surface area (Å²) >= 11 is 0. The quantitative estimate of drug-likeness (QED) is 0.698. The number of rotatable bonds is 9. The lowest BCUT2D eigenvalue weighted by atomic mass is 10.1. The number of para-hydroxylation sites is 1. The zero-order valence-electron chi connectivity index (χ0n) is 12.4. The Morgan fingerprint density at radius 1 is 1.21 bits per heavy atom. The molecule has 4 nitrogen and oxygen atoms in total. The Bertz CT molecular complexity index is 366. The van der Waals surface area contributed by atoms with Crippen molar-refractivity contribution in [1.29, 1.82) is 0 Å². The molecule has 0 aromatic heterocycles. The van der Waals surface area contributed by atoms with Crippen LogP contribution in [0.1, 0.15) is 25.8 Å². The van der Waals surface area contributed by atoms with Gasteiger partial charge in [0.2, 0.25) is 0 Å². The van der Waals surface area contributed by atoms with Crippen molar-refractivity contribution < 1.29 is 14.2 Å². The van der Waals surface area contributed by atoms with Crippen LogP contribution in [0, 0.1) is 0 Å². The molecule has 1 aromatic rings. The molecule has 0 spiro atoms. The third kappa shape index (κ3) is 5.49. The number of methoxy groups -OCH3 is 2. The van der Waals surface area contributed by atoms with Gasteiger partial charge < -0.3 is 19.5 Å². The predicted molar refractivity (Wildman–Crippen MR) is 77.0 cm³/mol. The fourth-order valence-corrected chi connectivity index (χ4v) is 1.80. The van der Waals surface area contributed by atoms with E-state index in [4.69, 9.17) is 14.2 Å². The zero-order chi connectivity index (χ0) is 14.1. The first-order chi connectivity index (χ1) is 9.19. The van der Waals surface area contributed by atoms with Gasteiger partial charge in [0.25, 0.3) is 0 Å². The van der Waals surface area contributed by atoms with Crippen LogP contribution in [0.3, 0.4) is 0 Å². The third-order valence-corrected chi connectivity index (χ3v) is 2.65. The summed E-state index contributed by atoms with van der Waals surface area (Å²) in [4.78, 5) is 0. The number of ether oxygens (including phenoxy) is 3. The molecule has 4 heteroatoms. The van der Waals surface area contributed by atoms with E-state index >= 15 is 0 Å². The molecule has 0 atom stereocenters. The SMILES string of the molecule is COCCCNCc1cccc(OC)c1OC(C)C. The van der Waals surface area contributed by atoms with Crippen molar-refractivity contribution in [3.63, 3.8) is 0 Å². The van der Waals surface area contributed by atoms with E-state index in [9.17, 15) is 0 Å². The van der Waals surface area contributed by atoms with Crippen molar-refractivity contribution in [2.24, 2.45) is 0 Å². The van der Waals surface area contributed by atoms with E-state index in [0.29, 0.717) is 0 Å². The number of nitrogens with one attached hydrogen (secondary N) is 1. The highest BCUT2D eigenvalue weighted by atomic mass is 16.5. The molecular formula is C15H25NO3. The average Bonchev–Trinajstić information content (AvgIpc) is 2.39. The topological polar surface area (TPSA) is 39.7 Å². The van der Waals surface area contributed by atoms with Gasteiger partial charge in [0.15, 0.2) is 11.5 Å². The predicted octanol–water partition coefficient (Wildman–Crippen LogP) is 2.61. The lowest BCUT2D eigenvalue weighted by Crippen LogP contribution is -2.18. The van der Waals surface area contributed by atoms with E-state index in [1.807, 2.05) is 26.0 Å². The monoisotopic (exact) mass is 267 g/mol. The van der Waals surface area contributed by atoms with Gasteiger partial charge in [-0.2, -0.15) is 0 Å². The zero-order valence-corrected chi connectivity index (χ0v) is 12.4. The first kappa shape index (κ1) is 15.8. The maximum Gasteiger partial charge on any atom is 0.166 e. The second kappa shape index (κ2) is 8.77. The second-order valence-corrected chi connectivity index (χ2v) is 4.64. The Kier molecular flexibility index (Phi) is 7.30. The highest BCUT2D eigenvalue weighted by Gasteiger charge is 2.11. The Morgan fingerprint density at radius 3 is 2.63 bits per heavy atom. The van der Waals surface area contributed by atoms with Crippen LogP contribution in [-0.4, -0.2) is 33.5 Å². The van der Waals surface area contributed by atoms with Crippen LogP contribution in [0.2, 0.25) is 0 Å². The fourth-order valence-electron chi connectivity index (χ4n) is 1.80. The first-order valence-electron chi connectivity index (χ1n) is 6.71. The van der Waals surface area contributed by atoms with Crippen LogP contribution >= 0.6 is 0 Å². The summed E-state index contributed by atoms with van der Waals surface area (Å²) in [5, 5.41) is 3.39. The minimum Gasteiger partial charge on any atom is -0.493 e. The molecule has 1 rings (SSSR count). The lowest BCUT2D eigenvalue weighted by Gasteiger charge is -2.17. The van der Waals surface area contributed by atoms with Crippen molar-refractivity contribution in [2.75, 3.05) is 27.4 Å². The molecule has 1 N–H and O–H groups in total. The molecule has 0 aliphatic carbocycles. The summed E-state index contributed by atoms with van der Waals surface area (Å²) in [7, 11) is 3.38. The molecular weight excluding hydrogens is 242 g/mol. The summed E-state index contributed by atoms with van der Waals surface area (Å²) in [6.45, 7) is 6.50. The number of hydrogen-bond acceptors (Lipinski definition) is 4. The molecule has 0 aliphatic rings. The van der Waals surface area contributed by atoms with Gasteiger partial charge in [0, 0.05) is 25.8 Å². The van der Waals surface area contributed by atoms with Crippen LogP contribution in [0.4, 0.5) is 0 Å². The minimum atomic E-state index is 0.128. The van der Waals surface area contributed by atoms with Gasteiger partial charge in [-0.15, -0.1) is 0 Å². The Balaban J connectivity index is 2.64. The lowest BCUT2D eigenvalue weighted by molar-refractivity contribution is 0.194. The van der Waals surface area contributed by atoms with E-state index in [1.165, 1.54) is 0 Å². The molecule has 0 bridgehead atoms. The third-order valence-electron chi connectivity index (χ3n) is 2.65. The molecule has 0 saturated heterocycles. The summed E-state index contributed by atoms with van der Waals surface area (Å²) < 4.78 is 16.2. The summed E-state index contributed by atoms with van der Waals surface area (Å²) in [6.07, 6.45) is 1.13. The Morgan fingerprint density at radius 2 is 2.00 bits per heavy atom. The van der Waals surface area contributed by atoms with E-state index < -0.39 is 0 Å². The van der Waals surface area contributed by atoms with Crippen molar-refractivity contribution in [3.05, 3.63) is 23.8 Å². The van der Waals surface area contributed by atoms with Crippen LogP contribution in [0.15, 0.2) is 18.2 Å². The fraction of sp³-hybridized carbons (Fsp3) is 0.600. The average molecular weight is 267 g/mol. The molecule has 108 valence electrons. The smallest absolute Gasteiger partial charge is 0.166 e. The van der Waals surface area contributed by atoms with E-state index in [1.54, 1.807) is 14.2 Å². The van der Waals surface area contributed by atoms with Gasteiger partial charge in [0.05, 0.1) is 13.2 Å². The van der Waals surface area contributed by atoms with Gasteiger partial charge in [-0.3, -0.25) is 0 Å². The minimum absolute atomic E-state index is 0.128. The maximum atomic E-state index is 5.86. The molecule has 0 aliphatic heterocycles. The van der Waals surface area contributed by atoms with Crippen LogP contribution in [0.5, 0.6) is 11.5 Å². The van der Waals surface area contributed by atoms with Gasteiger partial charge >= 0.3 is 0 Å². The standard InChI is InChI=1S/C15H25NO3/c1-12(2)19-15-13(7-5-8-14(15)18-4)11-16-9-6-10-17-3/h5,7-8,12,16H,6,9-11H2,1-4H3. The van der Waals surface area contributed by atoms with Crippen LogP contribution in [0.25, 0.3) is 0 Å². The van der Waals surface area contributed by atoms with Gasteiger partial charge in [-0.1, -0.05) is 12.1 Å². The van der Waals surface area contributed by atoms with Crippen molar-refractivity contribution in [3.8, 4) is 11.5 Å². The summed E-state index contributed by atoms with van der Waals surface area (Å²) in [5.74, 6) is 1.61. The molecule has 0 unspecified atom stereocenters. The number of hydrogen-bond donors (Lipinski definition) is 1. The van der Waals surface area contributed by atoms with Crippen molar-refractivity contribution in [1.82, 2.24) is 5.32 Å². The second-order valence-electron chi connectivity index (χ2n) is 4.64. The Hall–Kier alpha value is -1.26. The summed E-state index contributed by atoms with van der Waals surface area (Å²) in [6, 6.07) is 5.97. The van der Waals surface area contributed by atoms with E-state index in [2.05, 4.69) is 11.4 Å². The first-order valence-corrected chi connectivity index (χ1v) is 6.71. The molecule has 19 heavy (non-hydrogen) atoms. The van der Waals surface area contributed by atoms with E-state index in [-0.39, 0.29) is 6.10 Å². The van der Waals surface area contributed by atoms with Crippen molar-refractivity contribution >= 4 is 0 Å². The highest BCUT2D eigenvalue weighted by Crippen LogP contribution is 2.31. The highest BCUT2D eigenvalue weighted by molar-refractivity contribution is 5.46. The molecule has 1 aromatic carbocycles. The summed E-state index contributed by atoms with van der Waals surface area (Å²) in [5.41, 5.74) is 1.12. The van der Waals surface area contributed by atoms with Gasteiger partial charge in [0.1, 0.15) is 0 Å². The van der Waals surface area contributed by atoms with Crippen molar-refractivity contribution in [2.45, 2.75) is 32.9 Å². The molecule has 0 heterocycles. The van der Waals surface area contributed by atoms with E-state index in [0.717, 1.165) is 43.2 Å². The van der Waals surface area contributed by atoms with Crippen LogP contribution in [-0.2, 0) is 11.3 Å². The molecule has 0 amide bonds. The normalized spacial score (nSPS) is 10.8. The number of benzene rings is 1. The Labute approximate surface area is 116 Å². The molecule has 0 fully saturated rings. The molecule has 0 saturated carbocycles. The van der Waals surface area contributed by atoms with Crippen LogP contribution < -0.4 is 14.8 Å². The molecule has 0 radical (unpaired) electrons. The largest absolute Gasteiger partial charge is 0.493 e. The maximum absolute atomic E-state index is 5.86. The van der Waals surface area contributed by atoms with Gasteiger partial charge in [-0.25, -0.2) is 0 Å². The van der Waals surface area contributed by atoms with Gasteiger partial charge in [-0.05, 0) is 32.9 Å².